The monoisotopic (exact) mass is 233 g/mol. The lowest BCUT2D eigenvalue weighted by atomic mass is 9.74. The van der Waals surface area contributed by atoms with Crippen molar-refractivity contribution in [2.75, 3.05) is 11.9 Å². The van der Waals surface area contributed by atoms with Crippen LogP contribution in [0.5, 0.6) is 0 Å². The second kappa shape index (κ2) is 5.09. The van der Waals surface area contributed by atoms with E-state index in [0.29, 0.717) is 5.92 Å². The van der Waals surface area contributed by atoms with Gasteiger partial charge in [0.2, 0.25) is 0 Å². The fourth-order valence-corrected chi connectivity index (χ4v) is 2.80. The third kappa shape index (κ3) is 2.63. The minimum atomic E-state index is -0.118. The summed E-state index contributed by atoms with van der Waals surface area (Å²) in [6.07, 6.45) is 4.78. The maximum Gasteiger partial charge on any atom is 0.0664 e. The quantitative estimate of drug-likeness (QED) is 0.839. The molecule has 0 amide bonds. The summed E-state index contributed by atoms with van der Waals surface area (Å²) in [7, 11) is 0. The van der Waals surface area contributed by atoms with Gasteiger partial charge in [0.15, 0.2) is 0 Å². The topological polar surface area (TPSA) is 32.3 Å². The van der Waals surface area contributed by atoms with E-state index in [9.17, 15) is 5.11 Å². The van der Waals surface area contributed by atoms with Crippen LogP contribution in [0.15, 0.2) is 24.3 Å². The van der Waals surface area contributed by atoms with Crippen LogP contribution in [0.3, 0.4) is 0 Å². The Morgan fingerprint density at radius 2 is 2.00 bits per heavy atom. The van der Waals surface area contributed by atoms with Crippen LogP contribution in [0.4, 0.5) is 5.69 Å². The van der Waals surface area contributed by atoms with E-state index in [1.807, 2.05) is 0 Å². The van der Waals surface area contributed by atoms with Crippen LogP contribution in [0, 0.1) is 12.8 Å². The normalized spacial score (nSPS) is 29.0. The van der Waals surface area contributed by atoms with E-state index in [4.69, 9.17) is 0 Å². The Labute approximate surface area is 104 Å². The summed E-state index contributed by atoms with van der Waals surface area (Å²) >= 11 is 0. The molecule has 2 N–H and O–H groups in total. The molecule has 2 atom stereocenters. The molecule has 2 unspecified atom stereocenters. The summed E-state index contributed by atoms with van der Waals surface area (Å²) < 4.78 is 0. The van der Waals surface area contributed by atoms with Gasteiger partial charge in [0.1, 0.15) is 0 Å². The zero-order valence-corrected chi connectivity index (χ0v) is 10.9. The third-order valence-electron chi connectivity index (χ3n) is 4.18. The molecule has 1 saturated carbocycles. The van der Waals surface area contributed by atoms with E-state index >= 15 is 0 Å². The van der Waals surface area contributed by atoms with Crippen LogP contribution >= 0.6 is 0 Å². The first-order valence-corrected chi connectivity index (χ1v) is 6.62. The predicted octanol–water partition coefficient (Wildman–Crippen LogP) is 3.35. The lowest BCUT2D eigenvalue weighted by Gasteiger charge is -2.43. The first-order chi connectivity index (χ1) is 8.16. The molecule has 1 fully saturated rings. The molecular weight excluding hydrogens is 210 g/mol. The number of aryl methyl sites for hydroxylation is 1. The molecule has 0 spiro atoms. The number of rotatable bonds is 3. The molecule has 1 aliphatic rings. The van der Waals surface area contributed by atoms with Gasteiger partial charge in [-0.15, -0.1) is 0 Å². The zero-order valence-electron chi connectivity index (χ0n) is 10.9. The van der Waals surface area contributed by atoms with Crippen molar-refractivity contribution in [3.05, 3.63) is 29.8 Å². The number of aliphatic hydroxyl groups excluding tert-OH is 1. The zero-order chi connectivity index (χ0) is 12.3. The molecule has 17 heavy (non-hydrogen) atoms. The van der Waals surface area contributed by atoms with Crippen LogP contribution in [0.25, 0.3) is 0 Å². The van der Waals surface area contributed by atoms with E-state index in [1.165, 1.54) is 24.8 Å². The number of hydrogen-bond donors (Lipinski definition) is 2. The Morgan fingerprint density at radius 1 is 1.29 bits per heavy atom. The molecule has 1 aromatic rings. The lowest BCUT2D eigenvalue weighted by Crippen LogP contribution is -2.49. The fraction of sp³-hybridized carbons (Fsp3) is 0.600. The molecule has 2 nitrogen and oxygen atoms in total. The molecule has 0 saturated heterocycles. The smallest absolute Gasteiger partial charge is 0.0664 e. The number of hydrogen-bond acceptors (Lipinski definition) is 2. The molecule has 0 radical (unpaired) electrons. The third-order valence-corrected chi connectivity index (χ3v) is 4.18. The van der Waals surface area contributed by atoms with Crippen molar-refractivity contribution < 1.29 is 5.11 Å². The van der Waals surface area contributed by atoms with Crippen molar-refractivity contribution in [1.82, 2.24) is 0 Å². The first-order valence-electron chi connectivity index (χ1n) is 6.62. The number of aliphatic hydroxyl groups is 1. The second-order valence-corrected chi connectivity index (χ2v) is 5.45. The summed E-state index contributed by atoms with van der Waals surface area (Å²) in [4.78, 5) is 0. The van der Waals surface area contributed by atoms with Gasteiger partial charge in [-0.05, 0) is 37.8 Å². The number of anilines is 1. The first kappa shape index (κ1) is 12.4. The van der Waals surface area contributed by atoms with E-state index in [-0.39, 0.29) is 12.1 Å². The number of nitrogens with one attached hydrogen (secondary N) is 1. The van der Waals surface area contributed by atoms with Crippen LogP contribution < -0.4 is 5.32 Å². The summed E-state index contributed by atoms with van der Waals surface area (Å²) in [5.74, 6) is 0.530. The van der Waals surface area contributed by atoms with E-state index < -0.39 is 0 Å². The van der Waals surface area contributed by atoms with Crippen molar-refractivity contribution >= 4 is 5.69 Å². The molecule has 0 aliphatic heterocycles. The summed E-state index contributed by atoms with van der Waals surface area (Å²) in [5, 5.41) is 13.3. The highest BCUT2D eigenvalue weighted by atomic mass is 16.3. The molecule has 2 rings (SSSR count). The standard InChI is InChI=1S/C15H23NO/c1-12-6-8-14(9-7-12)16-15(11-17)10-4-3-5-13(15)2/h6-9,13,16-17H,3-5,10-11H2,1-2H3. The molecule has 94 valence electrons. The van der Waals surface area contributed by atoms with E-state index in [2.05, 4.69) is 43.4 Å². The lowest BCUT2D eigenvalue weighted by molar-refractivity contribution is 0.126. The Balaban J connectivity index is 2.15. The van der Waals surface area contributed by atoms with Gasteiger partial charge in [-0.1, -0.05) is 37.5 Å². The van der Waals surface area contributed by atoms with E-state index in [1.54, 1.807) is 0 Å². The molecular formula is C15H23NO. The fourth-order valence-electron chi connectivity index (χ4n) is 2.80. The van der Waals surface area contributed by atoms with Gasteiger partial charge in [-0.3, -0.25) is 0 Å². The molecule has 1 aliphatic carbocycles. The number of benzene rings is 1. The van der Waals surface area contributed by atoms with Gasteiger partial charge in [0.05, 0.1) is 12.1 Å². The highest BCUT2D eigenvalue weighted by Gasteiger charge is 2.37. The maximum atomic E-state index is 9.77. The van der Waals surface area contributed by atoms with Gasteiger partial charge in [0, 0.05) is 5.69 Å². The Bertz CT molecular complexity index is 360. The molecule has 2 heteroatoms. The maximum absolute atomic E-state index is 9.77. The highest BCUT2D eigenvalue weighted by molar-refractivity contribution is 5.47. The SMILES string of the molecule is Cc1ccc(NC2(CO)CCCCC2C)cc1. The van der Waals surface area contributed by atoms with Gasteiger partial charge in [0.25, 0.3) is 0 Å². The van der Waals surface area contributed by atoms with Crippen molar-refractivity contribution in [3.8, 4) is 0 Å². The van der Waals surface area contributed by atoms with Gasteiger partial charge in [-0.25, -0.2) is 0 Å². The van der Waals surface area contributed by atoms with Crippen LogP contribution in [0.2, 0.25) is 0 Å². The van der Waals surface area contributed by atoms with E-state index in [0.717, 1.165) is 12.1 Å². The molecule has 0 heterocycles. The highest BCUT2D eigenvalue weighted by Crippen LogP contribution is 2.36. The van der Waals surface area contributed by atoms with Crippen molar-refractivity contribution in [2.24, 2.45) is 5.92 Å². The van der Waals surface area contributed by atoms with Gasteiger partial charge in [-0.2, -0.15) is 0 Å². The van der Waals surface area contributed by atoms with Crippen molar-refractivity contribution in [3.63, 3.8) is 0 Å². The molecule has 1 aromatic carbocycles. The Hall–Kier alpha value is -1.02. The van der Waals surface area contributed by atoms with Crippen LogP contribution in [0.1, 0.15) is 38.2 Å². The minimum absolute atomic E-state index is 0.118. The molecule has 0 bridgehead atoms. The molecule has 0 aromatic heterocycles. The van der Waals surface area contributed by atoms with Gasteiger partial charge >= 0.3 is 0 Å². The largest absolute Gasteiger partial charge is 0.394 e. The predicted molar refractivity (Wildman–Crippen MR) is 72.3 cm³/mol. The summed E-state index contributed by atoms with van der Waals surface area (Å²) in [6, 6.07) is 8.43. The Kier molecular flexibility index (Phi) is 3.72. The van der Waals surface area contributed by atoms with Crippen LogP contribution in [-0.4, -0.2) is 17.3 Å². The van der Waals surface area contributed by atoms with Gasteiger partial charge < -0.3 is 10.4 Å². The minimum Gasteiger partial charge on any atom is -0.394 e. The summed E-state index contributed by atoms with van der Waals surface area (Å²) in [6.45, 7) is 4.56. The Morgan fingerprint density at radius 3 is 2.59 bits per heavy atom. The van der Waals surface area contributed by atoms with Crippen LogP contribution in [-0.2, 0) is 0 Å². The summed E-state index contributed by atoms with van der Waals surface area (Å²) in [5.41, 5.74) is 2.27. The second-order valence-electron chi connectivity index (χ2n) is 5.45. The van der Waals surface area contributed by atoms with Crippen molar-refractivity contribution in [2.45, 2.75) is 45.1 Å². The van der Waals surface area contributed by atoms with Crippen molar-refractivity contribution in [1.29, 1.82) is 0 Å². The average Bonchev–Trinajstić information content (AvgIpc) is 2.35. The average molecular weight is 233 g/mol.